The predicted octanol–water partition coefficient (Wildman–Crippen LogP) is 2.71. The highest BCUT2D eigenvalue weighted by atomic mass is 79.9. The maximum absolute atomic E-state index is 11.1. The second-order valence-corrected chi connectivity index (χ2v) is 7.47. The summed E-state index contributed by atoms with van der Waals surface area (Å²) in [5, 5.41) is 0. The zero-order valence-electron chi connectivity index (χ0n) is 7.09. The molecular weight excluding hydrogens is 308 g/mol. The maximum Gasteiger partial charge on any atom is 0.161 e. The van der Waals surface area contributed by atoms with Crippen LogP contribution in [0.3, 0.4) is 0 Å². The molecule has 2 nitrogen and oxygen atoms in total. The molecule has 0 amide bonds. The molecule has 0 fully saturated rings. The Kier molecular flexibility index (Phi) is 6.86. The highest BCUT2D eigenvalue weighted by Crippen LogP contribution is 2.13. The third kappa shape index (κ3) is 6.43. The third-order valence-corrected chi connectivity index (χ3v) is 6.02. The van der Waals surface area contributed by atoms with E-state index in [9.17, 15) is 8.42 Å². The third-order valence-electron chi connectivity index (χ3n) is 1.47. The van der Waals surface area contributed by atoms with Crippen molar-refractivity contribution in [2.75, 3.05) is 10.4 Å². The van der Waals surface area contributed by atoms with E-state index in [1.807, 2.05) is 0 Å². The minimum atomic E-state index is -2.88. The molecule has 0 rings (SSSR count). The van der Waals surface area contributed by atoms with Crippen molar-refractivity contribution in [1.29, 1.82) is 0 Å². The molecule has 74 valence electrons. The highest BCUT2D eigenvalue weighted by molar-refractivity contribution is 9.11. The Morgan fingerprint density at radius 2 is 2.00 bits per heavy atom. The van der Waals surface area contributed by atoms with Gasteiger partial charge in [0.15, 0.2) is 9.84 Å². The van der Waals surface area contributed by atoms with Gasteiger partial charge in [0.25, 0.3) is 0 Å². The number of hydrogen-bond acceptors (Lipinski definition) is 2. The summed E-state index contributed by atoms with van der Waals surface area (Å²) in [7, 11) is -2.88. The SMILES string of the molecule is CCCCC(Br)CS(=O)(=O)CBr. The van der Waals surface area contributed by atoms with Crippen molar-refractivity contribution in [2.45, 2.75) is 31.0 Å². The molecule has 0 aliphatic carbocycles. The van der Waals surface area contributed by atoms with Gasteiger partial charge >= 0.3 is 0 Å². The van der Waals surface area contributed by atoms with Gasteiger partial charge in [-0.2, -0.15) is 0 Å². The van der Waals surface area contributed by atoms with Crippen LogP contribution in [0.2, 0.25) is 0 Å². The van der Waals surface area contributed by atoms with Crippen molar-refractivity contribution in [2.24, 2.45) is 0 Å². The Labute approximate surface area is 91.3 Å². The van der Waals surface area contributed by atoms with Crippen LogP contribution in [-0.2, 0) is 9.84 Å². The van der Waals surface area contributed by atoms with E-state index >= 15 is 0 Å². The topological polar surface area (TPSA) is 34.1 Å². The fourth-order valence-corrected chi connectivity index (χ4v) is 3.73. The molecule has 1 atom stereocenters. The average Bonchev–Trinajstić information content (AvgIpc) is 2.00. The van der Waals surface area contributed by atoms with Gasteiger partial charge < -0.3 is 0 Å². The maximum atomic E-state index is 11.1. The van der Waals surface area contributed by atoms with E-state index in [0.29, 0.717) is 0 Å². The molecule has 12 heavy (non-hydrogen) atoms. The predicted molar refractivity (Wildman–Crippen MR) is 59.8 cm³/mol. The summed E-state index contributed by atoms with van der Waals surface area (Å²) in [6, 6.07) is 0. The smallest absolute Gasteiger partial charge is 0.161 e. The first-order valence-electron chi connectivity index (χ1n) is 3.92. The van der Waals surface area contributed by atoms with E-state index < -0.39 is 9.84 Å². The largest absolute Gasteiger partial charge is 0.228 e. The first kappa shape index (κ1) is 12.9. The van der Waals surface area contributed by atoms with Gasteiger partial charge in [0, 0.05) is 4.83 Å². The van der Waals surface area contributed by atoms with Crippen LogP contribution >= 0.6 is 31.9 Å². The van der Waals surface area contributed by atoms with Gasteiger partial charge in [-0.3, -0.25) is 0 Å². The molecule has 0 bridgehead atoms. The summed E-state index contributed by atoms with van der Waals surface area (Å²) in [5.74, 6) is 0.234. The normalized spacial score (nSPS) is 14.6. The Bertz CT molecular complexity index is 201. The lowest BCUT2D eigenvalue weighted by Gasteiger charge is -2.07. The standard InChI is InChI=1S/C7H14Br2O2S/c1-2-3-4-7(9)5-12(10,11)6-8/h7H,2-6H2,1H3. The minimum Gasteiger partial charge on any atom is -0.228 e. The van der Waals surface area contributed by atoms with Gasteiger partial charge in [0.1, 0.15) is 4.66 Å². The van der Waals surface area contributed by atoms with E-state index in [1.54, 1.807) is 0 Å². The van der Waals surface area contributed by atoms with E-state index in [2.05, 4.69) is 38.8 Å². The van der Waals surface area contributed by atoms with Crippen LogP contribution in [0.25, 0.3) is 0 Å². The van der Waals surface area contributed by atoms with Crippen LogP contribution in [0.5, 0.6) is 0 Å². The molecule has 0 aliphatic rings. The van der Waals surface area contributed by atoms with Gasteiger partial charge in [-0.15, -0.1) is 0 Å². The van der Waals surface area contributed by atoms with Gasteiger partial charge in [-0.05, 0) is 6.42 Å². The summed E-state index contributed by atoms with van der Waals surface area (Å²) in [4.78, 5) is 0.111. The summed E-state index contributed by atoms with van der Waals surface area (Å²) in [6.07, 6.45) is 3.12. The number of rotatable bonds is 6. The van der Waals surface area contributed by atoms with Gasteiger partial charge in [0.2, 0.25) is 0 Å². The van der Waals surface area contributed by atoms with Crippen LogP contribution in [0.1, 0.15) is 26.2 Å². The second-order valence-electron chi connectivity index (χ2n) is 2.76. The van der Waals surface area contributed by atoms with Crippen molar-refractivity contribution in [3.05, 3.63) is 0 Å². The fraction of sp³-hybridized carbons (Fsp3) is 1.00. The first-order valence-corrected chi connectivity index (χ1v) is 7.78. The van der Waals surface area contributed by atoms with E-state index in [-0.39, 0.29) is 15.2 Å². The molecule has 0 heterocycles. The molecule has 0 N–H and O–H groups in total. The Morgan fingerprint density at radius 1 is 1.42 bits per heavy atom. The average molecular weight is 322 g/mol. The number of halogens is 2. The van der Waals surface area contributed by atoms with Crippen molar-refractivity contribution < 1.29 is 8.42 Å². The van der Waals surface area contributed by atoms with Crippen molar-refractivity contribution in [3.63, 3.8) is 0 Å². The molecule has 5 heteroatoms. The lowest BCUT2D eigenvalue weighted by molar-refractivity contribution is 0.596. The Hall–Kier alpha value is 0.910. The Balaban J connectivity index is 3.76. The lowest BCUT2D eigenvalue weighted by atomic mass is 10.2. The summed E-state index contributed by atoms with van der Waals surface area (Å²) >= 11 is 6.31. The van der Waals surface area contributed by atoms with Gasteiger partial charge in [-0.25, -0.2) is 8.42 Å². The van der Waals surface area contributed by atoms with E-state index in [4.69, 9.17) is 0 Å². The Morgan fingerprint density at radius 3 is 2.42 bits per heavy atom. The number of sulfone groups is 1. The molecule has 0 aromatic rings. The zero-order chi connectivity index (χ0) is 9.61. The molecule has 0 radical (unpaired) electrons. The quantitative estimate of drug-likeness (QED) is 0.705. The van der Waals surface area contributed by atoms with E-state index in [1.165, 1.54) is 0 Å². The van der Waals surface area contributed by atoms with Gasteiger partial charge in [0.05, 0.1) is 5.75 Å². The molecular formula is C7H14Br2O2S. The molecule has 0 aromatic carbocycles. The molecule has 0 aliphatic heterocycles. The molecule has 1 unspecified atom stereocenters. The molecule has 0 spiro atoms. The van der Waals surface area contributed by atoms with E-state index in [0.717, 1.165) is 19.3 Å². The fourth-order valence-electron chi connectivity index (χ4n) is 0.829. The lowest BCUT2D eigenvalue weighted by Crippen LogP contribution is -2.16. The summed E-state index contributed by atoms with van der Waals surface area (Å²) in [5.41, 5.74) is 0. The number of unbranched alkanes of at least 4 members (excludes halogenated alkanes) is 1. The number of hydrogen-bond donors (Lipinski definition) is 0. The van der Waals surface area contributed by atoms with Crippen molar-refractivity contribution in [1.82, 2.24) is 0 Å². The van der Waals surface area contributed by atoms with Crippen LogP contribution < -0.4 is 0 Å². The minimum absolute atomic E-state index is 0.0637. The van der Waals surface area contributed by atoms with Crippen molar-refractivity contribution >= 4 is 41.7 Å². The first-order chi connectivity index (χ1) is 5.52. The zero-order valence-corrected chi connectivity index (χ0v) is 11.1. The van der Waals surface area contributed by atoms with Gasteiger partial charge in [-0.1, -0.05) is 51.6 Å². The molecule has 0 aromatic heterocycles. The van der Waals surface area contributed by atoms with Crippen LogP contribution in [0.15, 0.2) is 0 Å². The van der Waals surface area contributed by atoms with Crippen molar-refractivity contribution in [3.8, 4) is 0 Å². The summed E-state index contributed by atoms with van der Waals surface area (Å²) < 4.78 is 22.3. The van der Waals surface area contributed by atoms with Crippen LogP contribution in [-0.4, -0.2) is 23.7 Å². The van der Waals surface area contributed by atoms with Crippen LogP contribution in [0, 0.1) is 0 Å². The number of alkyl halides is 2. The second kappa shape index (κ2) is 6.38. The molecule has 0 saturated heterocycles. The highest BCUT2D eigenvalue weighted by Gasteiger charge is 2.14. The summed E-state index contributed by atoms with van der Waals surface area (Å²) in [6.45, 7) is 2.10. The molecule has 0 saturated carbocycles. The monoisotopic (exact) mass is 320 g/mol. The van der Waals surface area contributed by atoms with Crippen LogP contribution in [0.4, 0.5) is 0 Å².